The Bertz CT molecular complexity index is 880. The molecule has 1 saturated heterocycles. The van der Waals surface area contributed by atoms with E-state index in [1.807, 2.05) is 31.2 Å². The fourth-order valence-corrected chi connectivity index (χ4v) is 4.48. The first-order valence-electron chi connectivity index (χ1n) is 8.84. The van der Waals surface area contributed by atoms with Gasteiger partial charge in [-0.2, -0.15) is 4.31 Å². The summed E-state index contributed by atoms with van der Waals surface area (Å²) >= 11 is 0. The summed E-state index contributed by atoms with van der Waals surface area (Å²) in [5, 5.41) is 0. The van der Waals surface area contributed by atoms with E-state index in [-0.39, 0.29) is 4.90 Å². The molecule has 1 fully saturated rings. The molecule has 0 unspecified atom stereocenters. The molecule has 0 amide bonds. The highest BCUT2D eigenvalue weighted by molar-refractivity contribution is 7.89. The Morgan fingerprint density at radius 1 is 1.04 bits per heavy atom. The summed E-state index contributed by atoms with van der Waals surface area (Å²) in [6.45, 7) is 5.28. The average Bonchev–Trinajstić information content (AvgIpc) is 2.66. The second-order valence-corrected chi connectivity index (χ2v) is 8.58. The van der Waals surface area contributed by atoms with Gasteiger partial charge in [0.2, 0.25) is 10.0 Å². The quantitative estimate of drug-likeness (QED) is 0.798. The zero-order chi connectivity index (χ0) is 19.4. The molecule has 0 aliphatic carbocycles. The first-order valence-corrected chi connectivity index (χ1v) is 10.3. The standard InChI is InChI=1S/C19H22F2N2O3S/c1-15-2-4-16(5-3-15)26-13-12-22-8-10-23(11-9-22)27(24,25)17-6-7-18(20)19(21)14-17/h2-7,14H,8-13H2,1H3/p+1. The summed E-state index contributed by atoms with van der Waals surface area (Å²) in [5.41, 5.74) is 1.17. The van der Waals surface area contributed by atoms with Crippen LogP contribution < -0.4 is 9.64 Å². The van der Waals surface area contributed by atoms with Crippen molar-refractivity contribution in [3.05, 3.63) is 59.7 Å². The highest BCUT2D eigenvalue weighted by atomic mass is 32.2. The molecular formula is C19H23F2N2O3S+. The molecule has 2 aromatic carbocycles. The second-order valence-electron chi connectivity index (χ2n) is 6.64. The molecule has 5 nitrogen and oxygen atoms in total. The molecule has 8 heteroatoms. The van der Waals surface area contributed by atoms with Crippen LogP contribution in [0.15, 0.2) is 47.4 Å². The third-order valence-corrected chi connectivity index (χ3v) is 6.60. The Labute approximate surface area is 158 Å². The van der Waals surface area contributed by atoms with E-state index in [0.717, 1.165) is 30.5 Å². The topological polar surface area (TPSA) is 51.1 Å². The van der Waals surface area contributed by atoms with Crippen LogP contribution in [0.2, 0.25) is 0 Å². The summed E-state index contributed by atoms with van der Waals surface area (Å²) in [7, 11) is -3.81. The van der Waals surface area contributed by atoms with Crippen LogP contribution in [0.1, 0.15) is 5.56 Å². The molecule has 2 aromatic rings. The Hall–Kier alpha value is -2.03. The predicted molar refractivity (Wildman–Crippen MR) is 97.4 cm³/mol. The van der Waals surface area contributed by atoms with Crippen LogP contribution in [-0.4, -0.2) is 52.1 Å². The molecule has 0 aromatic heterocycles. The highest BCUT2D eigenvalue weighted by Gasteiger charge is 2.30. The summed E-state index contributed by atoms with van der Waals surface area (Å²) < 4.78 is 58.6. The molecule has 1 N–H and O–H groups in total. The minimum atomic E-state index is -3.81. The predicted octanol–water partition coefficient (Wildman–Crippen LogP) is 1.24. The van der Waals surface area contributed by atoms with Gasteiger partial charge in [-0.3, -0.25) is 0 Å². The van der Waals surface area contributed by atoms with E-state index in [1.54, 1.807) is 0 Å². The maximum Gasteiger partial charge on any atom is 0.243 e. The van der Waals surface area contributed by atoms with Crippen molar-refractivity contribution in [1.29, 1.82) is 0 Å². The van der Waals surface area contributed by atoms with Crippen molar-refractivity contribution in [1.82, 2.24) is 4.31 Å². The molecule has 1 heterocycles. The van der Waals surface area contributed by atoms with Gasteiger partial charge in [0, 0.05) is 0 Å². The number of aryl methyl sites for hydroxylation is 1. The lowest BCUT2D eigenvalue weighted by Crippen LogP contribution is -3.15. The smallest absolute Gasteiger partial charge is 0.243 e. The van der Waals surface area contributed by atoms with Crippen LogP contribution >= 0.6 is 0 Å². The van der Waals surface area contributed by atoms with Crippen molar-refractivity contribution < 1.29 is 26.8 Å². The molecular weight excluding hydrogens is 374 g/mol. The van der Waals surface area contributed by atoms with Crippen LogP contribution in [0, 0.1) is 18.6 Å². The maximum absolute atomic E-state index is 13.4. The van der Waals surface area contributed by atoms with E-state index >= 15 is 0 Å². The summed E-state index contributed by atoms with van der Waals surface area (Å²) in [6, 6.07) is 10.5. The fraction of sp³-hybridized carbons (Fsp3) is 0.368. The summed E-state index contributed by atoms with van der Waals surface area (Å²) in [4.78, 5) is 1.03. The van der Waals surface area contributed by atoms with E-state index in [2.05, 4.69) is 0 Å². The third-order valence-electron chi connectivity index (χ3n) is 4.70. The van der Waals surface area contributed by atoms with Crippen LogP contribution in [0.25, 0.3) is 0 Å². The number of quaternary nitrogens is 1. The highest BCUT2D eigenvalue weighted by Crippen LogP contribution is 2.18. The van der Waals surface area contributed by atoms with Gasteiger partial charge in [0.25, 0.3) is 0 Å². The first-order chi connectivity index (χ1) is 12.9. The van der Waals surface area contributed by atoms with Gasteiger partial charge in [-0.1, -0.05) is 17.7 Å². The van der Waals surface area contributed by atoms with Gasteiger partial charge in [-0.05, 0) is 37.3 Å². The van der Waals surface area contributed by atoms with Gasteiger partial charge < -0.3 is 9.64 Å². The largest absolute Gasteiger partial charge is 0.488 e. The Morgan fingerprint density at radius 2 is 1.70 bits per heavy atom. The van der Waals surface area contributed by atoms with Crippen LogP contribution in [0.5, 0.6) is 5.75 Å². The minimum absolute atomic E-state index is 0.215. The number of nitrogens with one attached hydrogen (secondary N) is 1. The SMILES string of the molecule is Cc1ccc(OCC[NH+]2CCN(S(=O)(=O)c3ccc(F)c(F)c3)CC2)cc1. The molecule has 0 bridgehead atoms. The maximum atomic E-state index is 13.4. The van der Waals surface area contributed by atoms with Gasteiger partial charge in [-0.15, -0.1) is 0 Å². The van der Waals surface area contributed by atoms with Crippen molar-refractivity contribution in [2.45, 2.75) is 11.8 Å². The first kappa shape index (κ1) is 19.7. The molecule has 1 aliphatic rings. The normalized spacial score (nSPS) is 16.4. The van der Waals surface area contributed by atoms with Gasteiger partial charge in [0.05, 0.1) is 31.1 Å². The number of ether oxygens (including phenoxy) is 1. The van der Waals surface area contributed by atoms with Crippen molar-refractivity contribution in [2.75, 3.05) is 39.3 Å². The number of nitrogens with zero attached hydrogens (tertiary/aromatic N) is 1. The minimum Gasteiger partial charge on any atom is -0.488 e. The fourth-order valence-electron chi connectivity index (χ4n) is 3.03. The lowest BCUT2D eigenvalue weighted by atomic mass is 10.2. The molecule has 146 valence electrons. The molecule has 0 atom stereocenters. The number of hydrogen-bond donors (Lipinski definition) is 1. The summed E-state index contributed by atoms with van der Waals surface area (Å²) in [5.74, 6) is -1.40. The van der Waals surface area contributed by atoms with Gasteiger partial charge in [0.1, 0.15) is 18.9 Å². The number of sulfonamides is 1. The molecule has 3 rings (SSSR count). The van der Waals surface area contributed by atoms with E-state index in [1.165, 1.54) is 14.8 Å². The molecule has 0 saturated carbocycles. The number of halogens is 2. The van der Waals surface area contributed by atoms with Crippen LogP contribution in [-0.2, 0) is 10.0 Å². The zero-order valence-electron chi connectivity index (χ0n) is 15.1. The second kappa shape index (κ2) is 8.33. The molecule has 0 radical (unpaired) electrons. The van der Waals surface area contributed by atoms with E-state index in [9.17, 15) is 17.2 Å². The molecule has 0 spiro atoms. The number of hydrogen-bond acceptors (Lipinski definition) is 3. The lowest BCUT2D eigenvalue weighted by Gasteiger charge is -2.31. The van der Waals surface area contributed by atoms with Gasteiger partial charge in [0.15, 0.2) is 11.6 Å². The van der Waals surface area contributed by atoms with E-state index in [0.29, 0.717) is 32.8 Å². The molecule has 27 heavy (non-hydrogen) atoms. The lowest BCUT2D eigenvalue weighted by molar-refractivity contribution is -0.903. The number of rotatable bonds is 6. The Kier molecular flexibility index (Phi) is 6.08. The van der Waals surface area contributed by atoms with Crippen molar-refractivity contribution in [3.8, 4) is 5.75 Å². The van der Waals surface area contributed by atoms with E-state index in [4.69, 9.17) is 4.74 Å². The average molecular weight is 397 g/mol. The zero-order valence-corrected chi connectivity index (χ0v) is 15.9. The van der Waals surface area contributed by atoms with Crippen molar-refractivity contribution in [3.63, 3.8) is 0 Å². The number of piperazine rings is 1. The van der Waals surface area contributed by atoms with Gasteiger partial charge in [-0.25, -0.2) is 17.2 Å². The number of benzene rings is 2. The van der Waals surface area contributed by atoms with Crippen molar-refractivity contribution in [2.24, 2.45) is 0 Å². The molecule has 1 aliphatic heterocycles. The third kappa shape index (κ3) is 4.82. The summed E-state index contributed by atoms with van der Waals surface area (Å²) in [6.07, 6.45) is 0. The monoisotopic (exact) mass is 397 g/mol. The van der Waals surface area contributed by atoms with Crippen LogP contribution in [0.3, 0.4) is 0 Å². The van der Waals surface area contributed by atoms with E-state index < -0.39 is 21.7 Å². The van der Waals surface area contributed by atoms with Crippen LogP contribution in [0.4, 0.5) is 8.78 Å². The van der Waals surface area contributed by atoms with Gasteiger partial charge >= 0.3 is 0 Å². The van der Waals surface area contributed by atoms with Crippen molar-refractivity contribution >= 4 is 10.0 Å². The Balaban J connectivity index is 1.50. The Morgan fingerprint density at radius 3 is 2.33 bits per heavy atom.